The average molecular weight is 723 g/mol. The van der Waals surface area contributed by atoms with E-state index in [0.717, 1.165) is 56.5 Å². The van der Waals surface area contributed by atoms with Crippen LogP contribution < -0.4 is 27.0 Å². The Bertz CT molecular complexity index is 1030. The zero-order valence-electron chi connectivity index (χ0n) is 32.3. The molecule has 1 aromatic rings. The van der Waals surface area contributed by atoms with Crippen LogP contribution >= 0.6 is 11.6 Å². The largest absolute Gasteiger partial charge is 0.362 e. The van der Waals surface area contributed by atoms with E-state index in [1.54, 1.807) is 7.05 Å². The van der Waals surface area contributed by atoms with Gasteiger partial charge in [-0.05, 0) is 102 Å². The van der Waals surface area contributed by atoms with Gasteiger partial charge in [0.2, 0.25) is 12.3 Å². The van der Waals surface area contributed by atoms with Crippen molar-refractivity contribution in [2.75, 3.05) is 54.9 Å². The predicted octanol–water partition coefficient (Wildman–Crippen LogP) is 5.55. The number of aryl methyl sites for hydroxylation is 1. The molecular formula is C39H71ClN6O4. The van der Waals surface area contributed by atoms with Gasteiger partial charge in [-0.1, -0.05) is 95.4 Å². The summed E-state index contributed by atoms with van der Waals surface area (Å²) in [6.07, 6.45) is 20.9. The molecule has 10 nitrogen and oxygen atoms in total. The van der Waals surface area contributed by atoms with Gasteiger partial charge in [0, 0.05) is 25.2 Å². The molecule has 0 aromatic heterocycles. The maximum absolute atomic E-state index is 12.7. The molecule has 50 heavy (non-hydrogen) atoms. The second-order valence-electron chi connectivity index (χ2n) is 13.2. The first-order valence-corrected chi connectivity index (χ1v) is 18.9. The van der Waals surface area contributed by atoms with Crippen molar-refractivity contribution in [1.82, 2.24) is 26.2 Å². The van der Waals surface area contributed by atoms with Gasteiger partial charge < -0.3 is 36.6 Å². The lowest BCUT2D eigenvalue weighted by atomic mass is 9.92. The zero-order chi connectivity index (χ0) is 38.0. The highest BCUT2D eigenvalue weighted by molar-refractivity contribution is 6.30. The molecule has 0 spiro atoms. The average Bonchev–Trinajstić information content (AvgIpc) is 3.99. The Hall–Kier alpha value is -2.63. The summed E-state index contributed by atoms with van der Waals surface area (Å²) in [5.41, 5.74) is 8.87. The summed E-state index contributed by atoms with van der Waals surface area (Å²) in [4.78, 5) is 44.1. The number of hydrogen-bond acceptors (Lipinski definition) is 8. The molecule has 1 heterocycles. The minimum Gasteiger partial charge on any atom is -0.362 e. The molecule has 1 aliphatic carbocycles. The van der Waals surface area contributed by atoms with Gasteiger partial charge in [-0.25, -0.2) is 0 Å². The number of unbranched alkanes of at least 4 members (excludes halogenated alkanes) is 6. The lowest BCUT2D eigenvalue weighted by molar-refractivity contribution is -0.128. The normalized spacial score (nSPS) is 13.9. The van der Waals surface area contributed by atoms with Crippen molar-refractivity contribution >= 4 is 42.1 Å². The monoisotopic (exact) mass is 723 g/mol. The first-order valence-electron chi connectivity index (χ1n) is 18.5. The minimum atomic E-state index is -0.390. The fourth-order valence-electron chi connectivity index (χ4n) is 5.05. The van der Waals surface area contributed by atoms with Crippen LogP contribution in [0.25, 0.3) is 5.57 Å². The zero-order valence-corrected chi connectivity index (χ0v) is 33.1. The van der Waals surface area contributed by atoms with Gasteiger partial charge in [0.05, 0.1) is 12.1 Å². The SMILES string of the molecule is C1CC1.CC(C)C[C@@H](C=O)NC(=O)C(CCCCCCCCCc1cc(Cl)ccc1C1=CCNCC1)N(C)C.CNC.CNC=O.NCC=O. The molecule has 2 aliphatic rings. The first-order chi connectivity index (χ1) is 24.1. The van der Waals surface area contributed by atoms with Crippen LogP contribution in [0, 0.1) is 5.92 Å². The number of nitrogens with zero attached hydrogens (tertiary/aromatic N) is 1. The van der Waals surface area contributed by atoms with E-state index < -0.39 is 0 Å². The molecule has 2 atom stereocenters. The molecule has 0 radical (unpaired) electrons. The van der Waals surface area contributed by atoms with Crippen molar-refractivity contribution in [1.29, 1.82) is 0 Å². The summed E-state index contributed by atoms with van der Waals surface area (Å²) in [5, 5.41) is 12.2. The Kier molecular flexibility index (Phi) is 34.4. The summed E-state index contributed by atoms with van der Waals surface area (Å²) in [6.45, 7) is 6.27. The van der Waals surface area contributed by atoms with Crippen LogP contribution in [0.5, 0.6) is 0 Å². The summed E-state index contributed by atoms with van der Waals surface area (Å²) in [6, 6.07) is 5.79. The summed E-state index contributed by atoms with van der Waals surface area (Å²) < 4.78 is 0. The molecule has 1 aliphatic heterocycles. The van der Waals surface area contributed by atoms with Crippen molar-refractivity contribution < 1.29 is 19.2 Å². The van der Waals surface area contributed by atoms with Crippen LogP contribution in [0.2, 0.25) is 5.02 Å². The van der Waals surface area contributed by atoms with Crippen LogP contribution in [0.1, 0.15) is 108 Å². The van der Waals surface area contributed by atoms with Gasteiger partial charge in [0.25, 0.3) is 0 Å². The topological polar surface area (TPSA) is 146 Å². The van der Waals surface area contributed by atoms with E-state index in [9.17, 15) is 9.59 Å². The lowest BCUT2D eigenvalue weighted by Crippen LogP contribution is -2.48. The molecule has 1 saturated carbocycles. The van der Waals surface area contributed by atoms with Gasteiger partial charge in [-0.15, -0.1) is 0 Å². The number of hydrogen-bond donors (Lipinski definition) is 5. The highest BCUT2D eigenvalue weighted by atomic mass is 35.5. The summed E-state index contributed by atoms with van der Waals surface area (Å²) >= 11 is 6.30. The van der Waals surface area contributed by atoms with E-state index >= 15 is 0 Å². The van der Waals surface area contributed by atoms with Crippen molar-refractivity contribution in [3.05, 3.63) is 40.4 Å². The minimum absolute atomic E-state index is 0.0293. The molecule has 1 aromatic carbocycles. The number of nitrogens with two attached hydrogens (primary N) is 1. The highest BCUT2D eigenvalue weighted by Crippen LogP contribution is 2.27. The van der Waals surface area contributed by atoms with Crippen LogP contribution in [0.15, 0.2) is 24.3 Å². The Balaban J connectivity index is 0. The fraction of sp³-hybridized carbons (Fsp3) is 0.692. The number of nitrogens with one attached hydrogen (secondary N) is 4. The van der Waals surface area contributed by atoms with Crippen LogP contribution in [0.4, 0.5) is 0 Å². The number of carbonyl (C=O) groups is 4. The Morgan fingerprint density at radius 3 is 1.98 bits per heavy atom. The van der Waals surface area contributed by atoms with E-state index in [-0.39, 0.29) is 24.5 Å². The standard InChI is InChI=1S/C30H48ClN3O2.C3H6.2C2H5NO.C2H7N/c1-23(2)20-27(22-35)33-30(36)29(34(3)4)13-11-9-7-5-6-8-10-12-25-21-26(31)14-15-28(25)24-16-18-32-19-17-24;1-2-3-1;1-3-2-4;3-1-2-4;1-3-2/h14-16,21-23,27,29,32H,5-13,17-20H2,1-4H3,(H,33,36);1-3H2;2H,1H3,(H,3,4);2H,1,3H2;3H,1-2H3/t27-,29?;;;;/m0..../s1. The van der Waals surface area contributed by atoms with Crippen LogP contribution in [-0.4, -0.2) is 96.7 Å². The second kappa shape index (κ2) is 34.8. The predicted molar refractivity (Wildman–Crippen MR) is 212 cm³/mol. The molecule has 6 N–H and O–H groups in total. The molecule has 0 saturated heterocycles. The number of carbonyl (C=O) groups excluding carboxylic acids is 4. The Morgan fingerprint density at radius 1 is 0.980 bits per heavy atom. The third-order valence-electron chi connectivity index (χ3n) is 7.61. The third-order valence-corrected chi connectivity index (χ3v) is 7.85. The quantitative estimate of drug-likeness (QED) is 0.0924. The van der Waals surface area contributed by atoms with E-state index in [1.807, 2.05) is 39.2 Å². The highest BCUT2D eigenvalue weighted by Gasteiger charge is 2.23. The van der Waals surface area contributed by atoms with Crippen molar-refractivity contribution in [2.24, 2.45) is 11.7 Å². The number of amides is 2. The van der Waals surface area contributed by atoms with Crippen molar-refractivity contribution in [3.63, 3.8) is 0 Å². The third kappa shape index (κ3) is 29.1. The van der Waals surface area contributed by atoms with Crippen LogP contribution in [0.3, 0.4) is 0 Å². The molecule has 2 amide bonds. The van der Waals surface area contributed by atoms with E-state index in [2.05, 4.69) is 59.1 Å². The van der Waals surface area contributed by atoms with Gasteiger partial charge in [0.15, 0.2) is 0 Å². The van der Waals surface area contributed by atoms with Gasteiger partial charge in [-0.3, -0.25) is 14.5 Å². The molecule has 0 bridgehead atoms. The van der Waals surface area contributed by atoms with Crippen molar-refractivity contribution in [2.45, 2.75) is 116 Å². The summed E-state index contributed by atoms with van der Waals surface area (Å²) in [5.74, 6) is 0.344. The number of halogens is 1. The van der Waals surface area contributed by atoms with E-state index in [4.69, 9.17) is 21.2 Å². The molecule has 1 fully saturated rings. The van der Waals surface area contributed by atoms with Crippen LogP contribution in [-0.2, 0) is 25.6 Å². The molecule has 288 valence electrons. The number of benzene rings is 1. The van der Waals surface area contributed by atoms with Crippen molar-refractivity contribution in [3.8, 4) is 0 Å². The second-order valence-corrected chi connectivity index (χ2v) is 13.7. The van der Waals surface area contributed by atoms with E-state index in [0.29, 0.717) is 25.0 Å². The molecular weight excluding hydrogens is 652 g/mol. The number of rotatable bonds is 19. The number of likely N-dealkylation sites (N-methyl/N-ethyl adjacent to an activating group) is 1. The van der Waals surface area contributed by atoms with Gasteiger partial charge in [-0.2, -0.15) is 0 Å². The summed E-state index contributed by atoms with van der Waals surface area (Å²) in [7, 11) is 9.19. The van der Waals surface area contributed by atoms with E-state index in [1.165, 1.54) is 68.1 Å². The molecule has 11 heteroatoms. The van der Waals surface area contributed by atoms with Gasteiger partial charge in [0.1, 0.15) is 12.6 Å². The fourth-order valence-corrected chi connectivity index (χ4v) is 5.24. The number of aldehydes is 2. The van der Waals surface area contributed by atoms with Gasteiger partial charge >= 0.3 is 0 Å². The Labute approximate surface area is 309 Å². The lowest BCUT2D eigenvalue weighted by Gasteiger charge is -2.25. The molecule has 3 rings (SSSR count). The molecule has 1 unspecified atom stereocenters. The Morgan fingerprint density at radius 2 is 1.54 bits per heavy atom. The smallest absolute Gasteiger partial charge is 0.237 e. The maximum atomic E-state index is 12.7. The first kappa shape index (κ1) is 49.5. The maximum Gasteiger partial charge on any atom is 0.237 e.